The summed E-state index contributed by atoms with van der Waals surface area (Å²) in [4.78, 5) is 37.9. The summed E-state index contributed by atoms with van der Waals surface area (Å²) in [6, 6.07) is 0. The van der Waals surface area contributed by atoms with Crippen molar-refractivity contribution in [2.45, 2.75) is 26.7 Å². The zero-order valence-electron chi connectivity index (χ0n) is 10.2. The van der Waals surface area contributed by atoms with Crippen LogP contribution in [0.2, 0.25) is 0 Å². The molecule has 0 aromatic carbocycles. The van der Waals surface area contributed by atoms with Crippen molar-refractivity contribution in [2.75, 3.05) is 11.9 Å². The van der Waals surface area contributed by atoms with Crippen LogP contribution in [0.4, 0.5) is 5.13 Å². The summed E-state index contributed by atoms with van der Waals surface area (Å²) in [5.41, 5.74) is 0. The van der Waals surface area contributed by atoms with Gasteiger partial charge in [0, 0.05) is 13.3 Å². The van der Waals surface area contributed by atoms with E-state index < -0.39 is 5.97 Å². The Morgan fingerprint density at radius 3 is 2.67 bits per heavy atom. The molecule has 1 aromatic heterocycles. The van der Waals surface area contributed by atoms with Crippen LogP contribution in [0.3, 0.4) is 0 Å². The van der Waals surface area contributed by atoms with Gasteiger partial charge in [0.2, 0.25) is 5.91 Å². The fourth-order valence-electron chi connectivity index (χ4n) is 1.13. The van der Waals surface area contributed by atoms with Gasteiger partial charge in [0.05, 0.1) is 24.1 Å². The van der Waals surface area contributed by atoms with E-state index in [2.05, 4.69) is 10.3 Å². The van der Waals surface area contributed by atoms with Crippen LogP contribution in [-0.2, 0) is 14.3 Å². The highest BCUT2D eigenvalue weighted by Crippen LogP contribution is 2.18. The first-order valence-corrected chi connectivity index (χ1v) is 6.26. The fraction of sp³-hybridized carbons (Fsp3) is 0.455. The first-order chi connectivity index (χ1) is 8.52. The molecule has 1 N–H and O–H groups in total. The minimum absolute atomic E-state index is 0.0324. The molecule has 1 amide bonds. The number of thiazole rings is 1. The molecule has 18 heavy (non-hydrogen) atoms. The van der Waals surface area contributed by atoms with Gasteiger partial charge >= 0.3 is 5.97 Å². The molecular weight excluding hydrogens is 256 g/mol. The second-order valence-electron chi connectivity index (χ2n) is 3.44. The molecule has 1 rings (SSSR count). The second kappa shape index (κ2) is 6.85. The van der Waals surface area contributed by atoms with Crippen LogP contribution in [0.1, 0.15) is 36.4 Å². The van der Waals surface area contributed by atoms with Crippen LogP contribution in [-0.4, -0.2) is 29.3 Å². The molecule has 1 aromatic rings. The second-order valence-corrected chi connectivity index (χ2v) is 4.47. The van der Waals surface area contributed by atoms with E-state index in [1.165, 1.54) is 13.1 Å². The van der Waals surface area contributed by atoms with Gasteiger partial charge < -0.3 is 10.1 Å². The largest absolute Gasteiger partial charge is 0.466 e. The lowest BCUT2D eigenvalue weighted by atomic mass is 10.3. The molecule has 1 heterocycles. The van der Waals surface area contributed by atoms with Crippen molar-refractivity contribution in [3.05, 3.63) is 11.1 Å². The van der Waals surface area contributed by atoms with Crippen LogP contribution < -0.4 is 5.32 Å². The summed E-state index contributed by atoms with van der Waals surface area (Å²) in [5, 5.41) is 2.88. The predicted octanol–water partition coefficient (Wildman–Crippen LogP) is 1.63. The van der Waals surface area contributed by atoms with Crippen molar-refractivity contribution in [2.24, 2.45) is 0 Å². The zero-order valence-corrected chi connectivity index (χ0v) is 11.0. The number of Topliss-reactive ketones (excluding diaryl/α,β-unsaturated/α-hetero) is 1. The average Bonchev–Trinajstić information content (AvgIpc) is 2.75. The molecule has 7 heteroatoms. The molecule has 0 aliphatic carbocycles. The molecule has 0 unspecified atom stereocenters. The number of anilines is 1. The van der Waals surface area contributed by atoms with Crippen LogP contribution in [0, 0.1) is 0 Å². The van der Waals surface area contributed by atoms with Crippen LogP contribution >= 0.6 is 11.3 Å². The SMILES string of the molecule is CCOC(=O)CCC(=O)Nc1ncc(C(C)=O)s1. The Balaban J connectivity index is 2.39. The number of esters is 1. The molecule has 0 fully saturated rings. The van der Waals surface area contributed by atoms with Gasteiger partial charge in [-0.2, -0.15) is 0 Å². The molecule has 0 radical (unpaired) electrons. The quantitative estimate of drug-likeness (QED) is 0.627. The van der Waals surface area contributed by atoms with Gasteiger partial charge in [-0.15, -0.1) is 0 Å². The summed E-state index contributed by atoms with van der Waals surface area (Å²) in [5.74, 6) is -0.830. The highest BCUT2D eigenvalue weighted by atomic mass is 32.1. The fourth-order valence-corrected chi connectivity index (χ4v) is 1.85. The Bertz CT molecular complexity index is 456. The van der Waals surface area contributed by atoms with E-state index in [-0.39, 0.29) is 24.5 Å². The third-order valence-corrected chi connectivity index (χ3v) is 2.97. The Labute approximate surface area is 108 Å². The van der Waals surface area contributed by atoms with Gasteiger partial charge in [0.25, 0.3) is 0 Å². The summed E-state index contributed by atoms with van der Waals surface area (Å²) in [6.07, 6.45) is 1.48. The number of aromatic nitrogens is 1. The molecule has 0 spiro atoms. The highest BCUT2D eigenvalue weighted by Gasteiger charge is 2.11. The van der Waals surface area contributed by atoms with Crippen LogP contribution in [0.5, 0.6) is 0 Å². The molecule has 0 bridgehead atoms. The monoisotopic (exact) mass is 270 g/mol. The lowest BCUT2D eigenvalue weighted by Gasteiger charge is -2.01. The third kappa shape index (κ3) is 4.62. The van der Waals surface area contributed by atoms with E-state index in [1.807, 2.05) is 0 Å². The average molecular weight is 270 g/mol. The standard InChI is InChI=1S/C11H14N2O4S/c1-3-17-10(16)5-4-9(15)13-11-12-6-8(18-11)7(2)14/h6H,3-5H2,1-2H3,(H,12,13,15). The number of hydrogen-bond acceptors (Lipinski definition) is 6. The predicted molar refractivity (Wildman–Crippen MR) is 66.6 cm³/mol. The summed E-state index contributed by atoms with van der Waals surface area (Å²) in [6.45, 7) is 3.44. The molecule has 98 valence electrons. The maximum atomic E-state index is 11.5. The minimum Gasteiger partial charge on any atom is -0.466 e. The maximum absolute atomic E-state index is 11.5. The molecule has 0 saturated carbocycles. The highest BCUT2D eigenvalue weighted by molar-refractivity contribution is 7.17. The van der Waals surface area contributed by atoms with E-state index in [9.17, 15) is 14.4 Å². The van der Waals surface area contributed by atoms with Gasteiger partial charge in [0.1, 0.15) is 0 Å². The minimum atomic E-state index is -0.406. The van der Waals surface area contributed by atoms with Crippen LogP contribution in [0.25, 0.3) is 0 Å². The van der Waals surface area contributed by atoms with Gasteiger partial charge in [-0.05, 0) is 6.92 Å². The first-order valence-electron chi connectivity index (χ1n) is 5.45. The maximum Gasteiger partial charge on any atom is 0.306 e. The summed E-state index contributed by atoms with van der Waals surface area (Å²) < 4.78 is 4.70. The van der Waals surface area contributed by atoms with Crippen molar-refractivity contribution in [3.63, 3.8) is 0 Å². The number of ketones is 1. The summed E-state index contributed by atoms with van der Waals surface area (Å²) in [7, 11) is 0. The van der Waals surface area contributed by atoms with Gasteiger partial charge in [-0.3, -0.25) is 14.4 Å². The molecule has 0 saturated heterocycles. The lowest BCUT2D eigenvalue weighted by Crippen LogP contribution is -2.14. The number of nitrogens with one attached hydrogen (secondary N) is 1. The van der Waals surface area contributed by atoms with Crippen molar-refractivity contribution in [3.8, 4) is 0 Å². The number of rotatable bonds is 6. The number of carbonyl (C=O) groups excluding carboxylic acids is 3. The number of hydrogen-bond donors (Lipinski definition) is 1. The summed E-state index contributed by atoms with van der Waals surface area (Å²) >= 11 is 1.11. The van der Waals surface area contributed by atoms with Gasteiger partial charge in [0.15, 0.2) is 10.9 Å². The number of nitrogens with zero attached hydrogens (tertiary/aromatic N) is 1. The molecule has 0 aliphatic heterocycles. The molecular formula is C11H14N2O4S. The van der Waals surface area contributed by atoms with E-state index in [1.54, 1.807) is 6.92 Å². The van der Waals surface area contributed by atoms with Crippen molar-refractivity contribution in [1.29, 1.82) is 0 Å². The number of ether oxygens (including phenoxy) is 1. The normalized spacial score (nSPS) is 9.89. The Morgan fingerprint density at radius 1 is 1.39 bits per heavy atom. The van der Waals surface area contributed by atoms with Crippen molar-refractivity contribution >= 4 is 34.1 Å². The molecule has 6 nitrogen and oxygen atoms in total. The van der Waals surface area contributed by atoms with E-state index in [0.29, 0.717) is 16.6 Å². The molecule has 0 atom stereocenters. The van der Waals surface area contributed by atoms with Crippen LogP contribution in [0.15, 0.2) is 6.20 Å². The van der Waals surface area contributed by atoms with Gasteiger partial charge in [-0.1, -0.05) is 11.3 Å². The molecule has 0 aliphatic rings. The van der Waals surface area contributed by atoms with Gasteiger partial charge in [-0.25, -0.2) is 4.98 Å². The van der Waals surface area contributed by atoms with Crippen molar-refractivity contribution in [1.82, 2.24) is 4.98 Å². The Kier molecular flexibility index (Phi) is 5.44. The Hall–Kier alpha value is -1.76. The van der Waals surface area contributed by atoms with E-state index in [4.69, 9.17) is 4.74 Å². The van der Waals surface area contributed by atoms with Crippen molar-refractivity contribution < 1.29 is 19.1 Å². The topological polar surface area (TPSA) is 85.4 Å². The number of carbonyl (C=O) groups is 3. The lowest BCUT2D eigenvalue weighted by molar-refractivity contribution is -0.144. The van der Waals surface area contributed by atoms with E-state index in [0.717, 1.165) is 11.3 Å². The zero-order chi connectivity index (χ0) is 13.5. The third-order valence-electron chi connectivity index (χ3n) is 1.96. The Morgan fingerprint density at radius 2 is 2.11 bits per heavy atom. The van der Waals surface area contributed by atoms with E-state index >= 15 is 0 Å². The first kappa shape index (κ1) is 14.3. The smallest absolute Gasteiger partial charge is 0.306 e. The number of amides is 1.